The van der Waals surface area contributed by atoms with Crippen molar-refractivity contribution >= 4 is 35.9 Å². The molecule has 30 heavy (non-hydrogen) atoms. The fourth-order valence-electron chi connectivity index (χ4n) is 4.05. The molecule has 0 radical (unpaired) electrons. The van der Waals surface area contributed by atoms with Gasteiger partial charge in [-0.05, 0) is 30.4 Å². The summed E-state index contributed by atoms with van der Waals surface area (Å²) in [4.78, 5) is 18.4. The van der Waals surface area contributed by atoms with Gasteiger partial charge in [0.2, 0.25) is 0 Å². The van der Waals surface area contributed by atoms with Gasteiger partial charge in [-0.25, -0.2) is 0 Å². The number of hydrogen-bond acceptors (Lipinski definition) is 3. The zero-order chi connectivity index (χ0) is 20.5. The summed E-state index contributed by atoms with van der Waals surface area (Å²) in [5, 5.41) is 3.53. The zero-order valence-electron chi connectivity index (χ0n) is 17.8. The van der Waals surface area contributed by atoms with Gasteiger partial charge in [0.25, 0.3) is 0 Å². The van der Waals surface area contributed by atoms with Crippen LogP contribution in [-0.2, 0) is 9.53 Å². The molecule has 0 unspecified atom stereocenters. The maximum Gasteiger partial charge on any atom is 0.308 e. The highest BCUT2D eigenvalue weighted by atomic mass is 127. The van der Waals surface area contributed by atoms with Crippen LogP contribution in [0.25, 0.3) is 0 Å². The van der Waals surface area contributed by atoms with E-state index in [9.17, 15) is 4.79 Å². The molecule has 1 saturated heterocycles. The van der Waals surface area contributed by atoms with E-state index in [1.807, 2.05) is 7.05 Å². The van der Waals surface area contributed by atoms with Crippen LogP contribution >= 0.6 is 24.0 Å². The van der Waals surface area contributed by atoms with E-state index in [0.29, 0.717) is 5.92 Å². The molecule has 0 aliphatic carbocycles. The summed E-state index contributed by atoms with van der Waals surface area (Å²) in [5.74, 6) is 1.16. The summed E-state index contributed by atoms with van der Waals surface area (Å²) in [7, 11) is 3.28. The number of carbonyl (C=O) groups is 1. The van der Waals surface area contributed by atoms with Crippen LogP contribution in [0.1, 0.15) is 36.3 Å². The predicted octanol–water partition coefficient (Wildman–Crippen LogP) is 4.29. The maximum absolute atomic E-state index is 11.7. The van der Waals surface area contributed by atoms with Gasteiger partial charge >= 0.3 is 5.97 Å². The Morgan fingerprint density at radius 3 is 2.07 bits per heavy atom. The van der Waals surface area contributed by atoms with Crippen LogP contribution in [0.4, 0.5) is 0 Å². The van der Waals surface area contributed by atoms with Crippen molar-refractivity contribution in [2.24, 2.45) is 10.9 Å². The van der Waals surface area contributed by atoms with Crippen molar-refractivity contribution in [3.05, 3.63) is 71.8 Å². The lowest BCUT2D eigenvalue weighted by molar-refractivity contribution is -0.146. The summed E-state index contributed by atoms with van der Waals surface area (Å²) >= 11 is 0. The Hall–Kier alpha value is -2.09. The van der Waals surface area contributed by atoms with Gasteiger partial charge < -0.3 is 15.0 Å². The minimum Gasteiger partial charge on any atom is -0.469 e. The molecule has 0 saturated carbocycles. The molecular formula is C24H32IN3O2. The van der Waals surface area contributed by atoms with Crippen LogP contribution in [0.3, 0.4) is 0 Å². The number of nitrogens with zero attached hydrogens (tertiary/aromatic N) is 2. The highest BCUT2D eigenvalue weighted by molar-refractivity contribution is 14.0. The topological polar surface area (TPSA) is 53.9 Å². The first kappa shape index (κ1) is 24.2. The number of benzene rings is 2. The Bertz CT molecular complexity index is 751. The van der Waals surface area contributed by atoms with Crippen molar-refractivity contribution in [3.63, 3.8) is 0 Å². The lowest BCUT2D eigenvalue weighted by Crippen LogP contribution is -2.47. The van der Waals surface area contributed by atoms with Crippen molar-refractivity contribution in [1.82, 2.24) is 10.2 Å². The molecule has 162 valence electrons. The molecule has 1 aliphatic heterocycles. The summed E-state index contributed by atoms with van der Waals surface area (Å²) in [6, 6.07) is 21.3. The van der Waals surface area contributed by atoms with Crippen LogP contribution in [0, 0.1) is 5.92 Å². The van der Waals surface area contributed by atoms with E-state index in [2.05, 4.69) is 75.9 Å². The summed E-state index contributed by atoms with van der Waals surface area (Å²) in [6.07, 6.45) is 2.60. The Kier molecular flexibility index (Phi) is 10.1. The maximum atomic E-state index is 11.7. The number of hydrogen-bond donors (Lipinski definition) is 1. The molecule has 1 aliphatic rings. The Morgan fingerprint density at radius 2 is 1.60 bits per heavy atom. The SMILES string of the molecule is CN=C(NCCC(c1ccccc1)c1ccccc1)N1CCC(C(=O)OC)CC1.I. The number of carbonyl (C=O) groups excluding carboxylic acids is 1. The third kappa shape index (κ3) is 6.45. The first-order valence-electron chi connectivity index (χ1n) is 10.4. The van der Waals surface area contributed by atoms with Gasteiger partial charge in [-0.1, -0.05) is 60.7 Å². The first-order chi connectivity index (χ1) is 14.2. The number of ether oxygens (including phenoxy) is 1. The number of esters is 1. The second-order valence-electron chi connectivity index (χ2n) is 7.42. The Morgan fingerprint density at radius 1 is 1.07 bits per heavy atom. The molecule has 0 aromatic heterocycles. The van der Waals surface area contributed by atoms with Gasteiger partial charge in [0, 0.05) is 32.6 Å². The average Bonchev–Trinajstić information content (AvgIpc) is 2.80. The van der Waals surface area contributed by atoms with E-state index in [4.69, 9.17) is 4.74 Å². The number of likely N-dealkylation sites (tertiary alicyclic amines) is 1. The highest BCUT2D eigenvalue weighted by Crippen LogP contribution is 2.27. The highest BCUT2D eigenvalue weighted by Gasteiger charge is 2.27. The molecule has 2 aromatic carbocycles. The number of methoxy groups -OCH3 is 1. The van der Waals surface area contributed by atoms with Crippen molar-refractivity contribution in [2.45, 2.75) is 25.2 Å². The fourth-order valence-corrected chi connectivity index (χ4v) is 4.05. The number of piperidine rings is 1. The van der Waals surface area contributed by atoms with Crippen molar-refractivity contribution in [1.29, 1.82) is 0 Å². The monoisotopic (exact) mass is 521 g/mol. The van der Waals surface area contributed by atoms with Gasteiger partial charge in [0.05, 0.1) is 13.0 Å². The quantitative estimate of drug-likeness (QED) is 0.267. The molecule has 0 atom stereocenters. The third-order valence-corrected chi connectivity index (χ3v) is 5.66. The second-order valence-corrected chi connectivity index (χ2v) is 7.42. The minimum absolute atomic E-state index is 0. The number of aliphatic imine (C=N–C) groups is 1. The molecule has 0 spiro atoms. The molecule has 1 N–H and O–H groups in total. The minimum atomic E-state index is -0.0961. The molecule has 1 heterocycles. The number of rotatable bonds is 6. The van der Waals surface area contributed by atoms with Crippen LogP contribution in [0.5, 0.6) is 0 Å². The molecule has 3 rings (SSSR count). The van der Waals surface area contributed by atoms with E-state index in [0.717, 1.165) is 44.9 Å². The van der Waals surface area contributed by atoms with E-state index in [1.165, 1.54) is 18.2 Å². The Labute approximate surface area is 196 Å². The van der Waals surface area contributed by atoms with Gasteiger partial charge in [0.1, 0.15) is 0 Å². The largest absolute Gasteiger partial charge is 0.469 e. The third-order valence-electron chi connectivity index (χ3n) is 5.66. The number of nitrogens with one attached hydrogen (secondary N) is 1. The lowest BCUT2D eigenvalue weighted by Gasteiger charge is -2.33. The van der Waals surface area contributed by atoms with E-state index < -0.39 is 0 Å². The molecule has 5 nitrogen and oxygen atoms in total. The van der Waals surface area contributed by atoms with Crippen molar-refractivity contribution in [3.8, 4) is 0 Å². The van der Waals surface area contributed by atoms with Gasteiger partial charge in [0.15, 0.2) is 5.96 Å². The van der Waals surface area contributed by atoms with Crippen LogP contribution in [-0.4, -0.2) is 50.6 Å². The fraction of sp³-hybridized carbons (Fsp3) is 0.417. The van der Waals surface area contributed by atoms with Crippen LogP contribution in [0.15, 0.2) is 65.7 Å². The van der Waals surface area contributed by atoms with Gasteiger partial charge in [-0.15, -0.1) is 24.0 Å². The molecule has 0 bridgehead atoms. The molecule has 1 fully saturated rings. The van der Waals surface area contributed by atoms with E-state index in [1.54, 1.807) is 0 Å². The lowest BCUT2D eigenvalue weighted by atomic mass is 9.88. The first-order valence-corrected chi connectivity index (χ1v) is 10.4. The molecular weight excluding hydrogens is 489 g/mol. The second kappa shape index (κ2) is 12.6. The average molecular weight is 521 g/mol. The molecule has 2 aromatic rings. The normalized spacial score (nSPS) is 14.9. The van der Waals surface area contributed by atoms with E-state index in [-0.39, 0.29) is 35.9 Å². The smallest absolute Gasteiger partial charge is 0.308 e. The zero-order valence-corrected chi connectivity index (χ0v) is 20.1. The summed E-state index contributed by atoms with van der Waals surface area (Å²) < 4.78 is 4.88. The van der Waals surface area contributed by atoms with E-state index >= 15 is 0 Å². The summed E-state index contributed by atoms with van der Waals surface area (Å²) in [6.45, 7) is 2.47. The van der Waals surface area contributed by atoms with Crippen molar-refractivity contribution in [2.75, 3.05) is 33.8 Å². The number of halogens is 1. The van der Waals surface area contributed by atoms with Gasteiger partial charge in [-0.2, -0.15) is 0 Å². The van der Waals surface area contributed by atoms with Crippen LogP contribution < -0.4 is 5.32 Å². The molecule has 0 amide bonds. The standard InChI is InChI=1S/C24H31N3O2.HI/c1-25-24(27-17-14-21(15-18-27)23(28)29-2)26-16-13-22(19-9-5-3-6-10-19)20-11-7-4-8-12-20;/h3-12,21-22H,13-18H2,1-2H3,(H,25,26);1H. The van der Waals surface area contributed by atoms with Crippen LogP contribution in [0.2, 0.25) is 0 Å². The van der Waals surface area contributed by atoms with Crippen molar-refractivity contribution < 1.29 is 9.53 Å². The van der Waals surface area contributed by atoms with Gasteiger partial charge in [-0.3, -0.25) is 9.79 Å². The number of guanidine groups is 1. The summed E-state index contributed by atoms with van der Waals surface area (Å²) in [5.41, 5.74) is 2.66. The molecule has 6 heteroatoms. The predicted molar refractivity (Wildman–Crippen MR) is 132 cm³/mol. The Balaban J connectivity index is 0.00000320.